The van der Waals surface area contributed by atoms with E-state index in [-0.39, 0.29) is 16.2 Å². The number of benzene rings is 1. The smallest absolute Gasteiger partial charge is 0.289 e. The van der Waals surface area contributed by atoms with Crippen LogP contribution in [0.3, 0.4) is 0 Å². The van der Waals surface area contributed by atoms with E-state index in [1.165, 1.54) is 4.57 Å². The second kappa shape index (κ2) is 5.22. The van der Waals surface area contributed by atoms with Crippen molar-refractivity contribution in [3.05, 3.63) is 46.3 Å². The van der Waals surface area contributed by atoms with E-state index in [1.807, 2.05) is 6.92 Å². The lowest BCUT2D eigenvalue weighted by Gasteiger charge is -2.14. The number of aromatic nitrogens is 2. The molecule has 8 heteroatoms. The van der Waals surface area contributed by atoms with Crippen LogP contribution in [0.1, 0.15) is 22.5 Å². The number of rotatable bonds is 2. The third-order valence-corrected chi connectivity index (χ3v) is 4.54. The lowest BCUT2D eigenvalue weighted by molar-refractivity contribution is -0.630. The molecule has 22 heavy (non-hydrogen) atoms. The van der Waals surface area contributed by atoms with E-state index in [0.29, 0.717) is 17.0 Å². The first-order valence-electron chi connectivity index (χ1n) is 6.58. The van der Waals surface area contributed by atoms with Crippen molar-refractivity contribution in [3.8, 4) is 5.69 Å². The average Bonchev–Trinajstić information content (AvgIpc) is 2.33. The van der Waals surface area contributed by atoms with Gasteiger partial charge in [-0.2, -0.15) is 13.0 Å². The summed E-state index contributed by atoms with van der Waals surface area (Å²) in [5.74, 6) is 5.82. The normalized spacial score (nSPS) is 11.7. The van der Waals surface area contributed by atoms with Crippen LogP contribution in [-0.4, -0.2) is 17.6 Å². The van der Waals surface area contributed by atoms with Crippen LogP contribution in [0, 0.1) is 33.1 Å². The number of aryl methyl sites for hydroxylation is 4. The summed E-state index contributed by atoms with van der Waals surface area (Å²) in [5.41, 5.74) is 2.65. The summed E-state index contributed by atoms with van der Waals surface area (Å²) in [7, 11) is -4.44. The summed E-state index contributed by atoms with van der Waals surface area (Å²) in [6.07, 6.45) is 0. The predicted octanol–water partition coefficient (Wildman–Crippen LogP) is 0.438. The third-order valence-electron chi connectivity index (χ3n) is 3.49. The highest BCUT2D eigenvalue weighted by Crippen LogP contribution is 2.22. The molecule has 1 aromatic carbocycles. The van der Waals surface area contributed by atoms with Gasteiger partial charge in [0.1, 0.15) is 16.3 Å². The van der Waals surface area contributed by atoms with Crippen molar-refractivity contribution in [2.75, 3.05) is 5.84 Å². The second-order valence-corrected chi connectivity index (χ2v) is 6.72. The molecule has 2 rings (SSSR count). The van der Waals surface area contributed by atoms with Gasteiger partial charge in [-0.25, -0.2) is 0 Å². The van der Waals surface area contributed by atoms with E-state index < -0.39 is 10.1 Å². The summed E-state index contributed by atoms with van der Waals surface area (Å²) in [5, 5.41) is 8.18. The number of hydrogen-bond acceptors (Lipinski definition) is 4. The second-order valence-electron chi connectivity index (χ2n) is 5.36. The van der Waals surface area contributed by atoms with Gasteiger partial charge in [-0.05, 0) is 44.9 Å². The summed E-state index contributed by atoms with van der Waals surface area (Å²) >= 11 is 0. The molecule has 0 amide bonds. The summed E-state index contributed by atoms with van der Waals surface area (Å²) < 4.78 is 35.7. The first-order chi connectivity index (χ1) is 10.0. The van der Waals surface area contributed by atoms with E-state index in [2.05, 4.69) is 0 Å². The highest BCUT2D eigenvalue weighted by Gasteiger charge is 2.25. The molecule has 4 N–H and O–H groups in total. The Bertz CT molecular complexity index is 930. The SMILES string of the molecule is Cc1cc(C)c(S(=O)(=O)O)c(-[n+]2c(C)cc(C)n(N)c2=N)c1. The molecule has 0 saturated carbocycles. The first-order valence-corrected chi connectivity index (χ1v) is 8.02. The zero-order valence-electron chi connectivity index (χ0n) is 12.9. The highest BCUT2D eigenvalue weighted by atomic mass is 32.2. The molecule has 0 aliphatic rings. The molecule has 7 nitrogen and oxygen atoms in total. The topological polar surface area (TPSA) is 113 Å². The van der Waals surface area contributed by atoms with Crippen LogP contribution in [0.4, 0.5) is 0 Å². The Morgan fingerprint density at radius 3 is 2.32 bits per heavy atom. The zero-order chi connectivity index (χ0) is 16.8. The summed E-state index contributed by atoms with van der Waals surface area (Å²) in [4.78, 5) is -0.219. The van der Waals surface area contributed by atoms with E-state index in [4.69, 9.17) is 11.3 Å². The fourth-order valence-corrected chi connectivity index (χ4v) is 3.50. The number of nitrogen functional groups attached to an aromatic ring is 1. The van der Waals surface area contributed by atoms with Gasteiger partial charge in [0.05, 0.1) is 5.69 Å². The Labute approximate surface area is 128 Å². The number of hydrogen-bond donors (Lipinski definition) is 3. The van der Waals surface area contributed by atoms with E-state index in [0.717, 1.165) is 10.2 Å². The van der Waals surface area contributed by atoms with Gasteiger partial charge in [-0.3, -0.25) is 10.4 Å². The quantitative estimate of drug-likeness (QED) is 0.423. The van der Waals surface area contributed by atoms with Crippen LogP contribution in [0.25, 0.3) is 5.69 Å². The van der Waals surface area contributed by atoms with Gasteiger partial charge in [-0.1, -0.05) is 6.07 Å². The minimum Gasteiger partial charge on any atom is -0.289 e. The molecular weight excluding hydrogens is 304 g/mol. The average molecular weight is 323 g/mol. The Hall–Kier alpha value is -2.19. The van der Waals surface area contributed by atoms with Crippen molar-refractivity contribution in [1.29, 1.82) is 5.41 Å². The molecule has 0 bridgehead atoms. The molecule has 0 atom stereocenters. The van der Waals surface area contributed by atoms with E-state index in [1.54, 1.807) is 39.0 Å². The van der Waals surface area contributed by atoms with Crippen LogP contribution in [0.2, 0.25) is 0 Å². The fourth-order valence-electron chi connectivity index (χ4n) is 2.62. The number of nitrogens with one attached hydrogen (secondary N) is 1. The Morgan fingerprint density at radius 1 is 1.18 bits per heavy atom. The standard InChI is InChI=1S/C14H18N4O3S/c1-8-5-9(2)13(22(19,20)21)12(6-8)17-10(3)7-11(4)18(16)14(17)15/h5-7,15H,16H2,1-4H3/p+1. The number of nitrogens with zero attached hydrogens (tertiary/aromatic N) is 2. The first kappa shape index (κ1) is 16.2. The van der Waals surface area contributed by atoms with Crippen molar-refractivity contribution < 1.29 is 17.5 Å². The van der Waals surface area contributed by atoms with Gasteiger partial charge in [0.25, 0.3) is 10.1 Å². The lowest BCUT2D eigenvalue weighted by Crippen LogP contribution is -2.57. The van der Waals surface area contributed by atoms with Gasteiger partial charge >= 0.3 is 5.62 Å². The van der Waals surface area contributed by atoms with Gasteiger partial charge in [0.15, 0.2) is 0 Å². The lowest BCUT2D eigenvalue weighted by atomic mass is 10.1. The molecule has 0 aliphatic carbocycles. The monoisotopic (exact) mass is 323 g/mol. The largest absolute Gasteiger partial charge is 0.417 e. The maximum absolute atomic E-state index is 11.8. The van der Waals surface area contributed by atoms with Crippen LogP contribution in [0.5, 0.6) is 0 Å². The maximum atomic E-state index is 11.8. The molecule has 0 aliphatic heterocycles. The molecule has 0 spiro atoms. The van der Waals surface area contributed by atoms with Crippen molar-refractivity contribution in [1.82, 2.24) is 4.68 Å². The minimum atomic E-state index is -4.44. The van der Waals surface area contributed by atoms with E-state index >= 15 is 0 Å². The molecule has 0 fully saturated rings. The molecule has 1 heterocycles. The van der Waals surface area contributed by atoms with Crippen LogP contribution < -0.4 is 16.0 Å². The molecule has 0 saturated heterocycles. The molecule has 2 aromatic rings. The Kier molecular flexibility index (Phi) is 3.84. The van der Waals surface area contributed by atoms with Gasteiger partial charge in [-0.15, -0.1) is 10.1 Å². The van der Waals surface area contributed by atoms with Gasteiger partial charge in [0.2, 0.25) is 0 Å². The van der Waals surface area contributed by atoms with Gasteiger partial charge < -0.3 is 0 Å². The maximum Gasteiger partial charge on any atom is 0.417 e. The summed E-state index contributed by atoms with van der Waals surface area (Å²) in [6.45, 7) is 6.91. The third kappa shape index (κ3) is 2.62. The van der Waals surface area contributed by atoms with Crippen LogP contribution in [0.15, 0.2) is 23.1 Å². The van der Waals surface area contributed by atoms with Crippen molar-refractivity contribution >= 4 is 10.1 Å². The Balaban J connectivity index is 3.03. The van der Waals surface area contributed by atoms with Crippen LogP contribution >= 0.6 is 0 Å². The fraction of sp³-hybridized carbons (Fsp3) is 0.286. The molecule has 1 aromatic heterocycles. The Morgan fingerprint density at radius 2 is 1.77 bits per heavy atom. The molecule has 118 valence electrons. The highest BCUT2D eigenvalue weighted by molar-refractivity contribution is 7.86. The molecule has 0 unspecified atom stereocenters. The summed E-state index contributed by atoms with van der Waals surface area (Å²) in [6, 6.07) is 5.01. The molecular formula is C14H19N4O3S+. The predicted molar refractivity (Wildman–Crippen MR) is 80.7 cm³/mol. The zero-order valence-corrected chi connectivity index (χ0v) is 13.7. The van der Waals surface area contributed by atoms with E-state index in [9.17, 15) is 13.0 Å². The van der Waals surface area contributed by atoms with Crippen molar-refractivity contribution in [2.45, 2.75) is 32.6 Å². The number of nitrogens with two attached hydrogens (primary N) is 1. The van der Waals surface area contributed by atoms with Crippen molar-refractivity contribution in [2.24, 2.45) is 0 Å². The van der Waals surface area contributed by atoms with Crippen LogP contribution in [-0.2, 0) is 10.1 Å². The minimum absolute atomic E-state index is 0.0904. The molecule has 0 radical (unpaired) electrons. The van der Waals surface area contributed by atoms with Crippen molar-refractivity contribution in [3.63, 3.8) is 0 Å². The van der Waals surface area contributed by atoms with Gasteiger partial charge in [0, 0.05) is 6.07 Å².